The molecule has 0 aliphatic heterocycles. The van der Waals surface area contributed by atoms with Crippen molar-refractivity contribution in [2.24, 2.45) is 5.92 Å². The molecule has 1 aromatic carbocycles. The summed E-state index contributed by atoms with van der Waals surface area (Å²) in [7, 11) is 0. The van der Waals surface area contributed by atoms with E-state index < -0.39 is 11.4 Å². The zero-order chi connectivity index (χ0) is 15.7. The van der Waals surface area contributed by atoms with Crippen molar-refractivity contribution in [1.82, 2.24) is 9.78 Å². The van der Waals surface area contributed by atoms with Gasteiger partial charge in [-0.25, -0.2) is 0 Å². The third-order valence-electron chi connectivity index (χ3n) is 4.43. The van der Waals surface area contributed by atoms with E-state index >= 15 is 0 Å². The van der Waals surface area contributed by atoms with E-state index in [4.69, 9.17) is 4.74 Å². The van der Waals surface area contributed by atoms with E-state index in [-0.39, 0.29) is 5.92 Å². The third kappa shape index (κ3) is 2.47. The van der Waals surface area contributed by atoms with Crippen molar-refractivity contribution in [2.45, 2.75) is 32.2 Å². The molecule has 1 aliphatic rings. The average molecular weight is 300 g/mol. The quantitative estimate of drug-likeness (QED) is 0.890. The highest BCUT2D eigenvalue weighted by Gasteiger charge is 2.60. The number of hydrogen-bond acceptors (Lipinski definition) is 3. The molecule has 2 atom stereocenters. The van der Waals surface area contributed by atoms with Crippen LogP contribution in [0, 0.1) is 12.8 Å². The van der Waals surface area contributed by atoms with Crippen LogP contribution >= 0.6 is 0 Å². The van der Waals surface area contributed by atoms with Gasteiger partial charge in [0.25, 0.3) is 0 Å². The molecule has 1 fully saturated rings. The number of aliphatic carboxylic acids is 1. The van der Waals surface area contributed by atoms with Crippen molar-refractivity contribution in [1.29, 1.82) is 0 Å². The zero-order valence-electron chi connectivity index (χ0n) is 12.8. The minimum Gasteiger partial charge on any atom is -0.489 e. The van der Waals surface area contributed by atoms with Crippen LogP contribution in [0.2, 0.25) is 0 Å². The average Bonchev–Trinajstić information content (AvgIpc) is 3.17. The second-order valence-corrected chi connectivity index (χ2v) is 5.84. The summed E-state index contributed by atoms with van der Waals surface area (Å²) in [6, 6.07) is 9.78. The van der Waals surface area contributed by atoms with Gasteiger partial charge in [0.2, 0.25) is 0 Å². The Morgan fingerprint density at radius 3 is 2.73 bits per heavy atom. The maximum atomic E-state index is 11.4. The first-order valence-electron chi connectivity index (χ1n) is 7.52. The van der Waals surface area contributed by atoms with E-state index in [0.29, 0.717) is 13.0 Å². The van der Waals surface area contributed by atoms with Gasteiger partial charge in [0.1, 0.15) is 5.69 Å². The number of nitrogens with zero attached hydrogens (tertiary/aromatic N) is 2. The highest BCUT2D eigenvalue weighted by molar-refractivity contribution is 5.77. The first-order chi connectivity index (χ1) is 10.6. The van der Waals surface area contributed by atoms with Gasteiger partial charge in [-0.3, -0.25) is 9.48 Å². The summed E-state index contributed by atoms with van der Waals surface area (Å²) >= 11 is 0. The first-order valence-corrected chi connectivity index (χ1v) is 7.52. The molecule has 0 saturated heterocycles. The van der Waals surface area contributed by atoms with Crippen LogP contribution in [0.3, 0.4) is 0 Å². The molecule has 1 saturated carbocycles. The predicted octanol–water partition coefficient (Wildman–Crippen LogP) is 2.63. The van der Waals surface area contributed by atoms with Crippen LogP contribution in [0.5, 0.6) is 5.75 Å². The minimum atomic E-state index is -0.756. The number of ether oxygens (including phenoxy) is 1. The van der Waals surface area contributed by atoms with E-state index in [9.17, 15) is 9.90 Å². The molecule has 1 aliphatic carbocycles. The maximum Gasteiger partial charge on any atom is 0.307 e. The molecule has 0 amide bonds. The Morgan fingerprint density at radius 2 is 2.18 bits per heavy atom. The molecule has 0 bridgehead atoms. The van der Waals surface area contributed by atoms with Gasteiger partial charge in [-0.15, -0.1) is 0 Å². The van der Waals surface area contributed by atoms with Gasteiger partial charge < -0.3 is 9.84 Å². The van der Waals surface area contributed by atoms with E-state index in [1.165, 1.54) is 0 Å². The van der Waals surface area contributed by atoms with E-state index in [2.05, 4.69) is 5.10 Å². The highest BCUT2D eigenvalue weighted by atomic mass is 16.5. The van der Waals surface area contributed by atoms with Crippen molar-refractivity contribution in [3.63, 3.8) is 0 Å². The topological polar surface area (TPSA) is 64.3 Å². The molecule has 5 nitrogen and oxygen atoms in total. The Balaban J connectivity index is 1.81. The fourth-order valence-electron chi connectivity index (χ4n) is 2.97. The fraction of sp³-hybridized carbons (Fsp3) is 0.412. The van der Waals surface area contributed by atoms with E-state index in [1.807, 2.05) is 55.1 Å². The number of benzene rings is 1. The summed E-state index contributed by atoms with van der Waals surface area (Å²) in [5.74, 6) is -0.405. The monoisotopic (exact) mass is 300 g/mol. The Labute approximate surface area is 129 Å². The van der Waals surface area contributed by atoms with E-state index in [1.54, 1.807) is 0 Å². The van der Waals surface area contributed by atoms with Crippen molar-refractivity contribution >= 4 is 5.97 Å². The molecule has 0 unspecified atom stereocenters. The maximum absolute atomic E-state index is 11.4. The largest absolute Gasteiger partial charge is 0.489 e. The normalized spacial score (nSPS) is 23.3. The summed E-state index contributed by atoms with van der Waals surface area (Å²) in [6.07, 6.45) is 2.49. The van der Waals surface area contributed by atoms with Crippen molar-refractivity contribution < 1.29 is 14.6 Å². The van der Waals surface area contributed by atoms with Crippen LogP contribution in [-0.2, 0) is 16.8 Å². The molecule has 0 spiro atoms. The number of hydrogen-bond donors (Lipinski definition) is 1. The Bertz CT molecular complexity index is 680. The number of carboxylic acids is 1. The van der Waals surface area contributed by atoms with Crippen molar-refractivity contribution in [2.75, 3.05) is 6.61 Å². The van der Waals surface area contributed by atoms with Crippen LogP contribution < -0.4 is 4.74 Å². The van der Waals surface area contributed by atoms with Crippen LogP contribution in [0.4, 0.5) is 0 Å². The standard InChI is InChI=1S/C17H20N2O3/c1-3-19-10-15(12(2)18-19)22-11-17(9-14(17)16(20)21)13-7-5-4-6-8-13/h4-8,10,14H,3,9,11H2,1-2H3,(H,20,21)/t14-,17+/m1/s1. The zero-order valence-corrected chi connectivity index (χ0v) is 12.8. The second kappa shape index (κ2) is 5.48. The molecular weight excluding hydrogens is 280 g/mol. The number of aryl methyl sites for hydroxylation is 2. The molecule has 5 heteroatoms. The summed E-state index contributed by atoms with van der Waals surface area (Å²) in [6.45, 7) is 5.07. The van der Waals surface area contributed by atoms with Gasteiger partial charge in [-0.2, -0.15) is 5.10 Å². The highest BCUT2D eigenvalue weighted by Crippen LogP contribution is 2.54. The van der Waals surface area contributed by atoms with Crippen molar-refractivity contribution in [3.8, 4) is 5.75 Å². The van der Waals surface area contributed by atoms with Gasteiger partial charge in [0, 0.05) is 12.0 Å². The Hall–Kier alpha value is -2.30. The molecule has 1 aromatic heterocycles. The van der Waals surface area contributed by atoms with Gasteiger partial charge in [0.05, 0.1) is 18.7 Å². The van der Waals surface area contributed by atoms with Crippen LogP contribution in [-0.4, -0.2) is 27.5 Å². The Morgan fingerprint density at radius 1 is 1.45 bits per heavy atom. The third-order valence-corrected chi connectivity index (χ3v) is 4.43. The fourth-order valence-corrected chi connectivity index (χ4v) is 2.97. The molecule has 22 heavy (non-hydrogen) atoms. The van der Waals surface area contributed by atoms with Crippen LogP contribution in [0.1, 0.15) is 24.6 Å². The van der Waals surface area contributed by atoms with Crippen LogP contribution in [0.15, 0.2) is 36.5 Å². The summed E-state index contributed by atoms with van der Waals surface area (Å²) < 4.78 is 7.76. The van der Waals surface area contributed by atoms with E-state index in [0.717, 1.165) is 23.6 Å². The summed E-state index contributed by atoms with van der Waals surface area (Å²) in [4.78, 5) is 11.4. The van der Waals surface area contributed by atoms with Crippen molar-refractivity contribution in [3.05, 3.63) is 47.8 Å². The lowest BCUT2D eigenvalue weighted by Crippen LogP contribution is -2.23. The number of rotatable bonds is 6. The van der Waals surface area contributed by atoms with Crippen LogP contribution in [0.25, 0.3) is 0 Å². The van der Waals surface area contributed by atoms with Gasteiger partial charge >= 0.3 is 5.97 Å². The molecule has 1 heterocycles. The number of carboxylic acid groups (broad SMARTS) is 1. The molecular formula is C17H20N2O3. The minimum absolute atomic E-state index is 0.365. The lowest BCUT2D eigenvalue weighted by Gasteiger charge is -2.17. The van der Waals surface area contributed by atoms with Gasteiger partial charge in [-0.05, 0) is 25.8 Å². The second-order valence-electron chi connectivity index (χ2n) is 5.84. The lowest BCUT2D eigenvalue weighted by atomic mass is 9.94. The SMILES string of the molecule is CCn1cc(OC[C@]2(c3ccccc3)C[C@@H]2C(=O)O)c(C)n1. The summed E-state index contributed by atoms with van der Waals surface area (Å²) in [5, 5.41) is 13.7. The number of aromatic nitrogens is 2. The molecule has 3 rings (SSSR count). The first kappa shape index (κ1) is 14.6. The molecule has 1 N–H and O–H groups in total. The smallest absolute Gasteiger partial charge is 0.307 e. The van der Waals surface area contributed by atoms with Gasteiger partial charge in [-0.1, -0.05) is 30.3 Å². The summed E-state index contributed by atoms with van der Waals surface area (Å²) in [5.41, 5.74) is 1.44. The Kier molecular flexibility index (Phi) is 3.64. The number of carbonyl (C=O) groups is 1. The predicted molar refractivity (Wildman–Crippen MR) is 82.0 cm³/mol. The molecule has 0 radical (unpaired) electrons. The molecule has 2 aromatic rings. The lowest BCUT2D eigenvalue weighted by molar-refractivity contribution is -0.139. The molecule has 116 valence electrons. The van der Waals surface area contributed by atoms with Gasteiger partial charge in [0.15, 0.2) is 5.75 Å².